The molecule has 4 rings (SSSR count). The van der Waals surface area contributed by atoms with Crippen LogP contribution in [0.1, 0.15) is 16.7 Å². The largest absolute Gasteiger partial charge is 0.493 e. The van der Waals surface area contributed by atoms with Gasteiger partial charge < -0.3 is 24.4 Å². The first-order chi connectivity index (χ1) is 17.6. The van der Waals surface area contributed by atoms with Crippen molar-refractivity contribution < 1.29 is 19.1 Å². The van der Waals surface area contributed by atoms with E-state index in [1.807, 2.05) is 77.7 Å². The fraction of sp³-hybridized carbons (Fsp3) is 0.286. The molecule has 188 valence electrons. The van der Waals surface area contributed by atoms with Crippen LogP contribution in [0, 0.1) is 10.1 Å². The van der Waals surface area contributed by atoms with Gasteiger partial charge in [-0.05, 0) is 53.8 Å². The zero-order valence-electron chi connectivity index (χ0n) is 20.6. The lowest BCUT2D eigenvalue weighted by atomic mass is 9.93. The smallest absolute Gasteiger partial charge is 0.274 e. The summed E-state index contributed by atoms with van der Waals surface area (Å²) in [5, 5.41) is 14.9. The molecule has 0 aromatic heterocycles. The van der Waals surface area contributed by atoms with Crippen LogP contribution in [0.4, 0.5) is 0 Å². The Kier molecular flexibility index (Phi) is 8.28. The van der Waals surface area contributed by atoms with E-state index in [0.717, 1.165) is 35.1 Å². The van der Waals surface area contributed by atoms with Gasteiger partial charge in [-0.1, -0.05) is 48.5 Å². The Balaban J connectivity index is 1.60. The number of hydrogen-bond acceptors (Lipinski definition) is 7. The summed E-state index contributed by atoms with van der Waals surface area (Å²) in [6, 6.07) is 23.4. The van der Waals surface area contributed by atoms with E-state index in [1.165, 1.54) is 0 Å². The Bertz CT molecular complexity index is 1180. The number of methoxy groups -OCH3 is 2. The molecule has 0 bridgehead atoms. The topological polar surface area (TPSA) is 86.1 Å². The average molecular weight is 490 g/mol. The van der Waals surface area contributed by atoms with Crippen LogP contribution in [0.3, 0.4) is 0 Å². The number of para-hydroxylation sites is 1. The quantitative estimate of drug-likeness (QED) is 0.315. The fourth-order valence-corrected chi connectivity index (χ4v) is 4.42. The number of fused-ring (bicyclic) bond motifs is 1. The van der Waals surface area contributed by atoms with Gasteiger partial charge in [0.1, 0.15) is 12.4 Å². The minimum atomic E-state index is -0.413. The van der Waals surface area contributed by atoms with Crippen molar-refractivity contribution in [2.75, 3.05) is 27.4 Å². The Morgan fingerprint density at radius 2 is 1.67 bits per heavy atom. The monoisotopic (exact) mass is 489 g/mol. The van der Waals surface area contributed by atoms with Gasteiger partial charge in [0.2, 0.25) is 0 Å². The van der Waals surface area contributed by atoms with E-state index in [0.29, 0.717) is 43.4 Å². The van der Waals surface area contributed by atoms with E-state index in [2.05, 4.69) is 5.32 Å². The molecule has 8 heteroatoms. The van der Waals surface area contributed by atoms with Gasteiger partial charge in [-0.15, -0.1) is 0 Å². The van der Waals surface area contributed by atoms with Gasteiger partial charge in [0, 0.05) is 13.1 Å². The standard InChI is InChI=1S/C28H31N3O5/c1-34-26-16-22-15-24(20-36-25-11-7-4-8-12-25)30(18-23(22)17-27(26)35-2)28(19-31(32)33)29-14-13-21-9-5-3-6-10-21/h3-12,16-17,19,24,29H,13-15,18,20H2,1-2H3/b28-19-. The Hall–Kier alpha value is -4.20. The van der Waals surface area contributed by atoms with Crippen LogP contribution < -0.4 is 19.5 Å². The average Bonchev–Trinajstić information content (AvgIpc) is 2.91. The second-order valence-corrected chi connectivity index (χ2v) is 8.55. The van der Waals surface area contributed by atoms with E-state index in [-0.39, 0.29) is 6.04 Å². The zero-order chi connectivity index (χ0) is 25.3. The molecule has 0 radical (unpaired) electrons. The van der Waals surface area contributed by atoms with Gasteiger partial charge in [-0.2, -0.15) is 0 Å². The summed E-state index contributed by atoms with van der Waals surface area (Å²) >= 11 is 0. The van der Waals surface area contributed by atoms with Gasteiger partial charge in [-0.3, -0.25) is 10.1 Å². The first kappa shape index (κ1) is 24.9. The van der Waals surface area contributed by atoms with E-state index < -0.39 is 4.92 Å². The molecule has 0 amide bonds. The van der Waals surface area contributed by atoms with Gasteiger partial charge in [0.15, 0.2) is 17.3 Å². The highest BCUT2D eigenvalue weighted by Gasteiger charge is 2.31. The lowest BCUT2D eigenvalue weighted by molar-refractivity contribution is -0.405. The molecule has 3 aromatic rings. The van der Waals surface area contributed by atoms with Crippen LogP contribution in [-0.4, -0.2) is 43.2 Å². The third-order valence-electron chi connectivity index (χ3n) is 6.23. The molecule has 1 heterocycles. The van der Waals surface area contributed by atoms with Crippen molar-refractivity contribution in [3.8, 4) is 17.2 Å². The third-order valence-corrected chi connectivity index (χ3v) is 6.23. The summed E-state index contributed by atoms with van der Waals surface area (Å²) in [4.78, 5) is 13.2. The second kappa shape index (κ2) is 12.0. The number of nitrogens with one attached hydrogen (secondary N) is 1. The Morgan fingerprint density at radius 1 is 1.03 bits per heavy atom. The van der Waals surface area contributed by atoms with E-state index in [1.54, 1.807) is 14.2 Å². The van der Waals surface area contributed by atoms with Gasteiger partial charge in [-0.25, -0.2) is 0 Å². The molecule has 1 aliphatic rings. The molecule has 0 saturated heterocycles. The third kappa shape index (κ3) is 6.27. The number of ether oxygens (including phenoxy) is 3. The molecular weight excluding hydrogens is 458 g/mol. The maximum atomic E-state index is 11.6. The van der Waals surface area contributed by atoms with Crippen molar-refractivity contribution in [3.63, 3.8) is 0 Å². The number of rotatable bonds is 11. The summed E-state index contributed by atoms with van der Waals surface area (Å²) in [6.07, 6.45) is 2.43. The SMILES string of the molecule is COc1cc2c(cc1OC)CN(/C(=C\[N+](=O)[O-])NCCc1ccccc1)C(COc1ccccc1)C2. The normalized spacial score (nSPS) is 15.1. The van der Waals surface area contributed by atoms with Crippen molar-refractivity contribution in [2.45, 2.75) is 25.4 Å². The van der Waals surface area contributed by atoms with Crippen LogP contribution in [-0.2, 0) is 19.4 Å². The van der Waals surface area contributed by atoms with Crippen LogP contribution in [0.15, 0.2) is 84.8 Å². The Labute approximate surface area is 211 Å². The molecular formula is C28H31N3O5. The summed E-state index contributed by atoms with van der Waals surface area (Å²) in [7, 11) is 3.22. The van der Waals surface area contributed by atoms with Crippen LogP contribution in [0.2, 0.25) is 0 Å². The molecule has 0 aliphatic carbocycles. The van der Waals surface area contributed by atoms with Crippen molar-refractivity contribution in [1.29, 1.82) is 0 Å². The maximum Gasteiger partial charge on any atom is 0.274 e. The number of hydrogen-bond donors (Lipinski definition) is 1. The first-order valence-electron chi connectivity index (χ1n) is 11.9. The van der Waals surface area contributed by atoms with Crippen molar-refractivity contribution >= 4 is 0 Å². The molecule has 36 heavy (non-hydrogen) atoms. The minimum Gasteiger partial charge on any atom is -0.493 e. The fourth-order valence-electron chi connectivity index (χ4n) is 4.42. The lowest BCUT2D eigenvalue weighted by Crippen LogP contribution is -2.47. The molecule has 0 saturated carbocycles. The molecule has 0 spiro atoms. The highest BCUT2D eigenvalue weighted by Crippen LogP contribution is 2.35. The number of nitro groups is 1. The summed E-state index contributed by atoms with van der Waals surface area (Å²) in [6.45, 7) is 1.40. The molecule has 1 atom stereocenters. The lowest BCUT2D eigenvalue weighted by Gasteiger charge is -2.39. The molecule has 1 unspecified atom stereocenters. The van der Waals surface area contributed by atoms with Gasteiger partial charge in [0.25, 0.3) is 6.20 Å². The van der Waals surface area contributed by atoms with Crippen LogP contribution >= 0.6 is 0 Å². The highest BCUT2D eigenvalue weighted by molar-refractivity contribution is 5.48. The van der Waals surface area contributed by atoms with E-state index in [4.69, 9.17) is 14.2 Å². The van der Waals surface area contributed by atoms with Gasteiger partial charge >= 0.3 is 0 Å². The van der Waals surface area contributed by atoms with Crippen LogP contribution in [0.25, 0.3) is 0 Å². The van der Waals surface area contributed by atoms with Crippen molar-refractivity contribution in [2.24, 2.45) is 0 Å². The van der Waals surface area contributed by atoms with Crippen LogP contribution in [0.5, 0.6) is 17.2 Å². The summed E-state index contributed by atoms with van der Waals surface area (Å²) < 4.78 is 17.1. The predicted molar refractivity (Wildman–Crippen MR) is 138 cm³/mol. The second-order valence-electron chi connectivity index (χ2n) is 8.55. The molecule has 0 fully saturated rings. The van der Waals surface area contributed by atoms with E-state index in [9.17, 15) is 10.1 Å². The van der Waals surface area contributed by atoms with Crippen molar-refractivity contribution in [3.05, 3.63) is 112 Å². The maximum absolute atomic E-state index is 11.6. The predicted octanol–water partition coefficient (Wildman–Crippen LogP) is 4.42. The molecule has 1 N–H and O–H groups in total. The van der Waals surface area contributed by atoms with Gasteiger partial charge in [0.05, 0.1) is 25.2 Å². The number of nitrogens with zero attached hydrogens (tertiary/aromatic N) is 2. The number of benzene rings is 3. The highest BCUT2D eigenvalue weighted by atomic mass is 16.6. The summed E-state index contributed by atoms with van der Waals surface area (Å²) in [5.41, 5.74) is 3.30. The molecule has 8 nitrogen and oxygen atoms in total. The molecule has 3 aromatic carbocycles. The van der Waals surface area contributed by atoms with E-state index >= 15 is 0 Å². The summed E-state index contributed by atoms with van der Waals surface area (Å²) in [5.74, 6) is 2.51. The zero-order valence-corrected chi connectivity index (χ0v) is 20.6. The Morgan fingerprint density at radius 3 is 2.31 bits per heavy atom. The first-order valence-corrected chi connectivity index (χ1v) is 11.9. The van der Waals surface area contributed by atoms with Crippen molar-refractivity contribution in [1.82, 2.24) is 10.2 Å². The minimum absolute atomic E-state index is 0.133. The molecule has 1 aliphatic heterocycles.